The van der Waals surface area contributed by atoms with Crippen LogP contribution in [0.25, 0.3) is 11.3 Å². The van der Waals surface area contributed by atoms with Gasteiger partial charge in [-0.2, -0.15) is 0 Å². The maximum atomic E-state index is 12.1. The number of nitrogens with one attached hydrogen (secondary N) is 1. The van der Waals surface area contributed by atoms with Crippen LogP contribution < -0.4 is 9.46 Å². The summed E-state index contributed by atoms with van der Waals surface area (Å²) >= 11 is 0. The number of benzene rings is 2. The third kappa shape index (κ3) is 5.93. The topological polar surface area (TPSA) is 99.5 Å². The Balaban J connectivity index is 1.61. The fourth-order valence-corrected chi connectivity index (χ4v) is 3.39. The predicted molar refractivity (Wildman–Crippen MR) is 116 cm³/mol. The van der Waals surface area contributed by atoms with E-state index in [-0.39, 0.29) is 4.90 Å². The maximum Gasteiger partial charge on any atom is 0.419 e. The first-order chi connectivity index (χ1) is 14.6. The van der Waals surface area contributed by atoms with Crippen molar-refractivity contribution in [1.29, 1.82) is 0 Å². The molecule has 1 aromatic heterocycles. The highest BCUT2D eigenvalue weighted by molar-refractivity contribution is 7.89. The summed E-state index contributed by atoms with van der Waals surface area (Å²) in [4.78, 5) is 16.6. The third-order valence-corrected chi connectivity index (χ3v) is 5.68. The Labute approximate surface area is 181 Å². The molecule has 0 bridgehead atoms. The minimum absolute atomic E-state index is 0.203. The van der Waals surface area contributed by atoms with Crippen LogP contribution in [0.1, 0.15) is 26.3 Å². The summed E-state index contributed by atoms with van der Waals surface area (Å²) in [6, 6.07) is 13.8. The molecular weight excluding hydrogens is 418 g/mol. The number of ether oxygens (including phenoxy) is 2. The highest BCUT2D eigenvalue weighted by Crippen LogP contribution is 2.22. The molecule has 9 heteroatoms. The van der Waals surface area contributed by atoms with Crippen LogP contribution >= 0.6 is 0 Å². The molecule has 8 nitrogen and oxygen atoms in total. The second kappa shape index (κ2) is 8.91. The molecule has 3 aromatic rings. The van der Waals surface area contributed by atoms with Crippen LogP contribution in [-0.2, 0) is 21.4 Å². The number of carbonyl (C=O) groups excluding carboxylic acids is 1. The van der Waals surface area contributed by atoms with Crippen molar-refractivity contribution >= 4 is 16.1 Å². The lowest BCUT2D eigenvalue weighted by Crippen LogP contribution is -2.26. The van der Waals surface area contributed by atoms with Crippen LogP contribution in [-0.4, -0.2) is 36.7 Å². The summed E-state index contributed by atoms with van der Waals surface area (Å²) in [5.41, 5.74) is 1.73. The summed E-state index contributed by atoms with van der Waals surface area (Å²) < 4.78 is 38.2. The standard InChI is InChI=1S/C22H25N3O5S/c1-22(2,3)30-21(26)25-13-20(24-15-25)17-7-9-18(10-8-17)29-14-16-5-11-19(12-6-16)31(27,28)23-4/h5-13,15,23H,14H2,1-4H3. The lowest BCUT2D eigenvalue weighted by molar-refractivity contribution is 0.0536. The van der Waals surface area contributed by atoms with Crippen LogP contribution in [0.5, 0.6) is 5.75 Å². The van der Waals surface area contributed by atoms with E-state index in [1.165, 1.54) is 30.1 Å². The predicted octanol–water partition coefficient (Wildman–Crippen LogP) is 3.82. The van der Waals surface area contributed by atoms with Gasteiger partial charge in [0.25, 0.3) is 0 Å². The van der Waals surface area contributed by atoms with Crippen LogP contribution in [0.4, 0.5) is 4.79 Å². The zero-order valence-electron chi connectivity index (χ0n) is 17.8. The molecule has 0 unspecified atom stereocenters. The lowest BCUT2D eigenvalue weighted by atomic mass is 10.1. The van der Waals surface area contributed by atoms with E-state index in [2.05, 4.69) is 9.71 Å². The number of rotatable bonds is 6. The molecule has 0 saturated heterocycles. The first kappa shape index (κ1) is 22.5. The molecule has 1 N–H and O–H groups in total. The van der Waals surface area contributed by atoms with Gasteiger partial charge in [-0.05, 0) is 69.8 Å². The highest BCUT2D eigenvalue weighted by Gasteiger charge is 2.18. The van der Waals surface area contributed by atoms with Crippen molar-refractivity contribution < 1.29 is 22.7 Å². The summed E-state index contributed by atoms with van der Waals surface area (Å²) in [7, 11) is -2.08. The van der Waals surface area contributed by atoms with Crippen LogP contribution in [0, 0.1) is 0 Å². The molecule has 0 aliphatic heterocycles. The molecule has 31 heavy (non-hydrogen) atoms. The molecule has 0 atom stereocenters. The van der Waals surface area contributed by atoms with Crippen molar-refractivity contribution in [3.05, 3.63) is 66.6 Å². The SMILES string of the molecule is CNS(=O)(=O)c1ccc(COc2ccc(-c3cn(C(=O)OC(C)(C)C)cn3)cc2)cc1. The zero-order valence-corrected chi connectivity index (χ0v) is 18.6. The molecule has 0 spiro atoms. The largest absolute Gasteiger partial charge is 0.489 e. The van der Waals surface area contributed by atoms with E-state index in [1.54, 1.807) is 39.1 Å². The Morgan fingerprint density at radius 1 is 1.06 bits per heavy atom. The van der Waals surface area contributed by atoms with Gasteiger partial charge in [0.15, 0.2) is 0 Å². The monoisotopic (exact) mass is 443 g/mol. The van der Waals surface area contributed by atoms with Crippen molar-refractivity contribution in [3.63, 3.8) is 0 Å². The van der Waals surface area contributed by atoms with Gasteiger partial charge in [0.05, 0.1) is 10.6 Å². The molecule has 164 valence electrons. The van der Waals surface area contributed by atoms with Gasteiger partial charge in [-0.15, -0.1) is 0 Å². The lowest BCUT2D eigenvalue weighted by Gasteiger charge is -2.19. The maximum absolute atomic E-state index is 12.1. The van der Waals surface area contributed by atoms with E-state index >= 15 is 0 Å². The quantitative estimate of drug-likeness (QED) is 0.622. The number of carbonyl (C=O) groups is 1. The minimum Gasteiger partial charge on any atom is -0.489 e. The third-order valence-electron chi connectivity index (χ3n) is 4.24. The molecule has 1 heterocycles. The Hall–Kier alpha value is -3.17. The van der Waals surface area contributed by atoms with E-state index in [4.69, 9.17) is 9.47 Å². The van der Waals surface area contributed by atoms with Gasteiger partial charge in [0.1, 0.15) is 24.3 Å². The van der Waals surface area contributed by atoms with Gasteiger partial charge in [0.2, 0.25) is 10.0 Å². The second-order valence-electron chi connectivity index (χ2n) is 7.81. The molecule has 0 fully saturated rings. The average Bonchev–Trinajstić information content (AvgIpc) is 3.22. The summed E-state index contributed by atoms with van der Waals surface area (Å²) in [6.07, 6.45) is 2.55. The Morgan fingerprint density at radius 2 is 1.71 bits per heavy atom. The Bertz CT molecular complexity index is 1150. The first-order valence-electron chi connectivity index (χ1n) is 9.60. The smallest absolute Gasteiger partial charge is 0.419 e. The second-order valence-corrected chi connectivity index (χ2v) is 9.70. The Kier molecular flexibility index (Phi) is 6.47. The van der Waals surface area contributed by atoms with E-state index in [1.807, 2.05) is 24.3 Å². The van der Waals surface area contributed by atoms with E-state index in [0.717, 1.165) is 11.1 Å². The van der Waals surface area contributed by atoms with Gasteiger partial charge in [-0.25, -0.2) is 27.5 Å². The van der Waals surface area contributed by atoms with Crippen molar-refractivity contribution in [1.82, 2.24) is 14.3 Å². The highest BCUT2D eigenvalue weighted by atomic mass is 32.2. The summed E-state index contributed by atoms with van der Waals surface area (Å²) in [5, 5.41) is 0. The van der Waals surface area contributed by atoms with Gasteiger partial charge in [-0.1, -0.05) is 12.1 Å². The Morgan fingerprint density at radius 3 is 2.29 bits per heavy atom. The van der Waals surface area contributed by atoms with Gasteiger partial charge >= 0.3 is 6.09 Å². The fraction of sp³-hybridized carbons (Fsp3) is 0.273. The van der Waals surface area contributed by atoms with Crippen molar-refractivity contribution in [2.75, 3.05) is 7.05 Å². The van der Waals surface area contributed by atoms with E-state index in [0.29, 0.717) is 18.1 Å². The zero-order chi connectivity index (χ0) is 22.6. The molecule has 3 rings (SSSR count). The molecule has 0 amide bonds. The fourth-order valence-electron chi connectivity index (χ4n) is 2.66. The first-order valence-corrected chi connectivity index (χ1v) is 11.1. The number of hydrogen-bond acceptors (Lipinski definition) is 6. The summed E-state index contributed by atoms with van der Waals surface area (Å²) in [5.74, 6) is 0.655. The molecule has 0 aliphatic carbocycles. The van der Waals surface area contributed by atoms with Crippen LogP contribution in [0.2, 0.25) is 0 Å². The molecule has 0 saturated carbocycles. The van der Waals surface area contributed by atoms with Crippen LogP contribution in [0.15, 0.2) is 66.0 Å². The van der Waals surface area contributed by atoms with Gasteiger partial charge < -0.3 is 9.47 Å². The molecule has 0 aliphatic rings. The molecule has 2 aromatic carbocycles. The number of aromatic nitrogens is 2. The molecular formula is C22H25N3O5S. The number of nitrogens with zero attached hydrogens (tertiary/aromatic N) is 2. The average molecular weight is 444 g/mol. The van der Waals surface area contributed by atoms with Crippen molar-refractivity contribution in [2.24, 2.45) is 0 Å². The minimum atomic E-state index is -3.45. The number of sulfonamides is 1. The molecule has 0 radical (unpaired) electrons. The van der Waals surface area contributed by atoms with Gasteiger partial charge in [-0.3, -0.25) is 0 Å². The summed E-state index contributed by atoms with van der Waals surface area (Å²) in [6.45, 7) is 5.72. The number of hydrogen-bond donors (Lipinski definition) is 1. The van der Waals surface area contributed by atoms with Crippen LogP contribution in [0.3, 0.4) is 0 Å². The van der Waals surface area contributed by atoms with Crippen molar-refractivity contribution in [2.45, 2.75) is 37.9 Å². The normalized spacial score (nSPS) is 11.9. The van der Waals surface area contributed by atoms with E-state index in [9.17, 15) is 13.2 Å². The number of imidazole rings is 1. The van der Waals surface area contributed by atoms with Crippen molar-refractivity contribution in [3.8, 4) is 17.0 Å². The van der Waals surface area contributed by atoms with E-state index < -0.39 is 21.7 Å². The van der Waals surface area contributed by atoms with Gasteiger partial charge in [0, 0.05) is 11.8 Å².